The summed E-state index contributed by atoms with van der Waals surface area (Å²) >= 11 is 7.00. The SMILES string of the molecule is CCCOCCSC(=S)N(CC)CC. The van der Waals surface area contributed by atoms with Crippen molar-refractivity contribution >= 4 is 28.3 Å². The van der Waals surface area contributed by atoms with E-state index in [1.165, 1.54) is 0 Å². The monoisotopic (exact) mass is 235 g/mol. The third-order valence-corrected chi connectivity index (χ3v) is 3.31. The first-order valence-electron chi connectivity index (χ1n) is 5.25. The molecule has 0 atom stereocenters. The summed E-state index contributed by atoms with van der Waals surface area (Å²) in [5.41, 5.74) is 0. The maximum absolute atomic E-state index is 5.38. The molecule has 4 heteroatoms. The Hall–Kier alpha value is 0.200. The van der Waals surface area contributed by atoms with Crippen molar-refractivity contribution in [2.24, 2.45) is 0 Å². The summed E-state index contributed by atoms with van der Waals surface area (Å²) in [7, 11) is 0. The molecule has 84 valence electrons. The van der Waals surface area contributed by atoms with Gasteiger partial charge in [-0.2, -0.15) is 0 Å². The zero-order valence-electron chi connectivity index (χ0n) is 9.41. The lowest BCUT2D eigenvalue weighted by Gasteiger charge is -2.20. The van der Waals surface area contributed by atoms with Gasteiger partial charge in [0.15, 0.2) is 0 Å². The van der Waals surface area contributed by atoms with Crippen molar-refractivity contribution in [1.82, 2.24) is 4.90 Å². The highest BCUT2D eigenvalue weighted by molar-refractivity contribution is 8.22. The molecule has 0 N–H and O–H groups in total. The molecule has 0 rings (SSSR count). The topological polar surface area (TPSA) is 12.5 Å². The average Bonchev–Trinajstić information content (AvgIpc) is 2.19. The van der Waals surface area contributed by atoms with E-state index in [-0.39, 0.29) is 0 Å². The number of hydrogen-bond acceptors (Lipinski definition) is 3. The van der Waals surface area contributed by atoms with E-state index < -0.39 is 0 Å². The van der Waals surface area contributed by atoms with E-state index in [1.54, 1.807) is 11.8 Å². The predicted molar refractivity (Wildman–Crippen MR) is 69.1 cm³/mol. The number of thiocarbonyl (C=S) groups is 1. The summed E-state index contributed by atoms with van der Waals surface area (Å²) < 4.78 is 6.38. The molecule has 2 nitrogen and oxygen atoms in total. The van der Waals surface area contributed by atoms with E-state index in [9.17, 15) is 0 Å². The van der Waals surface area contributed by atoms with Gasteiger partial charge in [0.1, 0.15) is 4.32 Å². The number of nitrogens with zero attached hydrogens (tertiary/aromatic N) is 1. The van der Waals surface area contributed by atoms with Gasteiger partial charge in [0.25, 0.3) is 0 Å². The second kappa shape index (κ2) is 9.74. The fraction of sp³-hybridized carbons (Fsp3) is 0.900. The second-order valence-electron chi connectivity index (χ2n) is 2.90. The number of rotatable bonds is 7. The van der Waals surface area contributed by atoms with Gasteiger partial charge in [-0.25, -0.2) is 0 Å². The smallest absolute Gasteiger partial charge is 0.136 e. The van der Waals surface area contributed by atoms with Gasteiger partial charge < -0.3 is 9.64 Å². The maximum atomic E-state index is 5.38. The first kappa shape index (κ1) is 14.2. The van der Waals surface area contributed by atoms with Crippen LogP contribution in [0.15, 0.2) is 0 Å². The fourth-order valence-corrected chi connectivity index (χ4v) is 2.33. The summed E-state index contributed by atoms with van der Waals surface area (Å²) in [5.74, 6) is 0.968. The summed E-state index contributed by atoms with van der Waals surface area (Å²) in [6, 6.07) is 0. The molecular formula is C10H21NOS2. The standard InChI is InChI=1S/C10H21NOS2/c1-4-7-12-8-9-14-10(13)11(5-2)6-3/h4-9H2,1-3H3. The molecule has 0 unspecified atom stereocenters. The molecule has 0 aliphatic rings. The van der Waals surface area contributed by atoms with Crippen LogP contribution in [0.1, 0.15) is 27.2 Å². The van der Waals surface area contributed by atoms with E-state index in [2.05, 4.69) is 25.7 Å². The van der Waals surface area contributed by atoms with Gasteiger partial charge in [0.2, 0.25) is 0 Å². The molecule has 0 spiro atoms. The van der Waals surface area contributed by atoms with E-state index in [0.29, 0.717) is 0 Å². The van der Waals surface area contributed by atoms with E-state index in [4.69, 9.17) is 17.0 Å². The van der Waals surface area contributed by atoms with Crippen molar-refractivity contribution in [2.75, 3.05) is 32.1 Å². The van der Waals surface area contributed by atoms with Crippen LogP contribution in [0.2, 0.25) is 0 Å². The summed E-state index contributed by atoms with van der Waals surface area (Å²) in [5, 5.41) is 0. The second-order valence-corrected chi connectivity index (χ2v) is 4.63. The van der Waals surface area contributed by atoms with E-state index in [1.807, 2.05) is 0 Å². The third-order valence-electron chi connectivity index (χ3n) is 1.82. The summed E-state index contributed by atoms with van der Waals surface area (Å²) in [6.45, 7) is 10.0. The molecule has 0 aliphatic carbocycles. The minimum atomic E-state index is 0.805. The lowest BCUT2D eigenvalue weighted by Crippen LogP contribution is -2.27. The van der Waals surface area contributed by atoms with Gasteiger partial charge in [-0.15, -0.1) is 0 Å². The highest BCUT2D eigenvalue weighted by Gasteiger charge is 2.04. The summed E-state index contributed by atoms with van der Waals surface area (Å²) in [6.07, 6.45) is 1.09. The van der Waals surface area contributed by atoms with Crippen LogP contribution in [-0.2, 0) is 4.74 Å². The Bertz CT molecular complexity index is 149. The van der Waals surface area contributed by atoms with Gasteiger partial charge in [-0.1, -0.05) is 30.9 Å². The van der Waals surface area contributed by atoms with Gasteiger partial charge in [-0.3, -0.25) is 0 Å². The molecular weight excluding hydrogens is 214 g/mol. The highest BCUT2D eigenvalue weighted by Crippen LogP contribution is 2.08. The Morgan fingerprint density at radius 1 is 1.21 bits per heavy atom. The Morgan fingerprint density at radius 3 is 2.36 bits per heavy atom. The van der Waals surface area contributed by atoms with Crippen LogP contribution in [-0.4, -0.2) is 41.3 Å². The van der Waals surface area contributed by atoms with Crippen LogP contribution >= 0.6 is 24.0 Å². The molecule has 14 heavy (non-hydrogen) atoms. The predicted octanol–water partition coefficient (Wildman–Crippen LogP) is 2.77. The van der Waals surface area contributed by atoms with E-state index in [0.717, 1.165) is 42.8 Å². The van der Waals surface area contributed by atoms with Crippen molar-refractivity contribution in [3.05, 3.63) is 0 Å². The lowest BCUT2D eigenvalue weighted by atomic mass is 10.5. The Balaban J connectivity index is 3.43. The van der Waals surface area contributed by atoms with Crippen LogP contribution < -0.4 is 0 Å². The molecule has 0 aromatic rings. The van der Waals surface area contributed by atoms with Gasteiger partial charge in [0.05, 0.1) is 6.61 Å². The highest BCUT2D eigenvalue weighted by atomic mass is 32.2. The lowest BCUT2D eigenvalue weighted by molar-refractivity contribution is 0.151. The zero-order valence-corrected chi connectivity index (χ0v) is 11.0. The molecule has 0 saturated heterocycles. The van der Waals surface area contributed by atoms with Crippen LogP contribution in [0.25, 0.3) is 0 Å². The van der Waals surface area contributed by atoms with Crippen molar-refractivity contribution in [2.45, 2.75) is 27.2 Å². The molecule has 0 heterocycles. The Kier molecular flexibility index (Phi) is 9.88. The van der Waals surface area contributed by atoms with Gasteiger partial charge >= 0.3 is 0 Å². The quantitative estimate of drug-likeness (QED) is 0.497. The number of ether oxygens (including phenoxy) is 1. The minimum absolute atomic E-state index is 0.805. The third kappa shape index (κ3) is 6.62. The number of hydrogen-bond donors (Lipinski definition) is 0. The molecule has 0 saturated carbocycles. The maximum Gasteiger partial charge on any atom is 0.136 e. The molecule has 0 bridgehead atoms. The fourth-order valence-electron chi connectivity index (χ4n) is 1.01. The average molecular weight is 235 g/mol. The van der Waals surface area contributed by atoms with E-state index >= 15 is 0 Å². The molecule has 0 radical (unpaired) electrons. The van der Waals surface area contributed by atoms with Gasteiger partial charge in [0, 0.05) is 25.4 Å². The number of thioether (sulfide) groups is 1. The molecule has 0 fully saturated rings. The minimum Gasteiger partial charge on any atom is -0.381 e. The first-order valence-corrected chi connectivity index (χ1v) is 6.65. The van der Waals surface area contributed by atoms with Crippen molar-refractivity contribution < 1.29 is 4.74 Å². The van der Waals surface area contributed by atoms with Crippen molar-refractivity contribution in [3.63, 3.8) is 0 Å². The molecule has 0 aromatic carbocycles. The Morgan fingerprint density at radius 2 is 1.86 bits per heavy atom. The zero-order chi connectivity index (χ0) is 10.8. The largest absolute Gasteiger partial charge is 0.381 e. The Labute approximate surface area is 97.4 Å². The summed E-state index contributed by atoms with van der Waals surface area (Å²) in [4.78, 5) is 2.19. The van der Waals surface area contributed by atoms with Crippen LogP contribution in [0.5, 0.6) is 0 Å². The van der Waals surface area contributed by atoms with Crippen molar-refractivity contribution in [1.29, 1.82) is 0 Å². The van der Waals surface area contributed by atoms with Gasteiger partial charge in [-0.05, 0) is 20.3 Å². The van der Waals surface area contributed by atoms with Crippen molar-refractivity contribution in [3.8, 4) is 0 Å². The normalized spacial score (nSPS) is 10.2. The first-order chi connectivity index (χ1) is 6.76. The van der Waals surface area contributed by atoms with Crippen LogP contribution in [0.3, 0.4) is 0 Å². The van der Waals surface area contributed by atoms with Crippen LogP contribution in [0.4, 0.5) is 0 Å². The molecule has 0 aromatic heterocycles. The van der Waals surface area contributed by atoms with Crippen LogP contribution in [0, 0.1) is 0 Å². The molecule has 0 amide bonds. The molecule has 0 aliphatic heterocycles.